The molecule has 1 N–H and O–H groups in total. The summed E-state index contributed by atoms with van der Waals surface area (Å²) in [6.07, 6.45) is 0.0876. The molecule has 0 spiro atoms. The lowest BCUT2D eigenvalue weighted by molar-refractivity contribution is -0.135. The summed E-state index contributed by atoms with van der Waals surface area (Å²) in [5.41, 5.74) is -0.0964. The van der Waals surface area contributed by atoms with Crippen molar-refractivity contribution in [3.8, 4) is 11.5 Å². The Morgan fingerprint density at radius 2 is 2.22 bits per heavy atom. The first-order valence-corrected chi connectivity index (χ1v) is 7.20. The zero-order chi connectivity index (χ0) is 16.6. The maximum absolute atomic E-state index is 14.2. The van der Waals surface area contributed by atoms with Crippen LogP contribution in [0.1, 0.15) is 6.42 Å². The number of hydrogen-bond donors (Lipinski definition) is 1. The van der Waals surface area contributed by atoms with E-state index in [2.05, 4.69) is 9.97 Å². The molecule has 3 rings (SSSR count). The first-order chi connectivity index (χ1) is 10.9. The van der Waals surface area contributed by atoms with Gasteiger partial charge in [-0.05, 0) is 19.2 Å². The van der Waals surface area contributed by atoms with Gasteiger partial charge in [0.1, 0.15) is 5.39 Å². The van der Waals surface area contributed by atoms with Gasteiger partial charge in [-0.15, -0.1) is 0 Å². The molecule has 0 aliphatic carbocycles. The lowest BCUT2D eigenvalue weighted by Gasteiger charge is -2.36. The zero-order valence-electron chi connectivity index (χ0n) is 12.8. The zero-order valence-corrected chi connectivity index (χ0v) is 12.8. The van der Waals surface area contributed by atoms with Gasteiger partial charge in [-0.3, -0.25) is 4.79 Å². The molecule has 1 aromatic carbocycles. The molecule has 1 aliphatic rings. The molecule has 1 atom stereocenters. The van der Waals surface area contributed by atoms with Crippen LogP contribution in [0.2, 0.25) is 0 Å². The van der Waals surface area contributed by atoms with Crippen LogP contribution in [0.4, 0.5) is 8.78 Å². The number of aromatic amines is 1. The minimum absolute atomic E-state index is 0.00794. The summed E-state index contributed by atoms with van der Waals surface area (Å²) in [5.74, 6) is -2.78. The van der Waals surface area contributed by atoms with E-state index in [4.69, 9.17) is 9.47 Å². The fourth-order valence-corrected chi connectivity index (χ4v) is 2.77. The second kappa shape index (κ2) is 5.77. The lowest BCUT2D eigenvalue weighted by Crippen LogP contribution is -2.52. The van der Waals surface area contributed by atoms with Gasteiger partial charge in [0.05, 0.1) is 25.5 Å². The Bertz CT molecular complexity index is 778. The predicted molar refractivity (Wildman–Crippen MR) is 80.4 cm³/mol. The van der Waals surface area contributed by atoms with Gasteiger partial charge in [-0.25, -0.2) is 13.8 Å². The first-order valence-electron chi connectivity index (χ1n) is 7.20. The number of benzene rings is 1. The molecule has 6 nitrogen and oxygen atoms in total. The molecule has 0 bridgehead atoms. The van der Waals surface area contributed by atoms with Crippen LogP contribution in [0.25, 0.3) is 10.9 Å². The second-order valence-corrected chi connectivity index (χ2v) is 5.62. The molecular weight excluding hydrogens is 308 g/mol. The maximum Gasteiger partial charge on any atom is 0.296 e. The summed E-state index contributed by atoms with van der Waals surface area (Å²) in [7, 11) is 3.03. The van der Waals surface area contributed by atoms with Gasteiger partial charge in [0.25, 0.3) is 11.5 Å². The molecule has 8 heteroatoms. The molecule has 0 amide bonds. The van der Waals surface area contributed by atoms with Crippen molar-refractivity contribution >= 4 is 10.9 Å². The number of rotatable bonds is 3. The van der Waals surface area contributed by atoms with Crippen LogP contribution < -0.4 is 15.0 Å². The molecule has 0 radical (unpaired) electrons. The minimum Gasteiger partial charge on any atom is -0.493 e. The van der Waals surface area contributed by atoms with Gasteiger partial charge < -0.3 is 19.4 Å². The molecule has 1 fully saturated rings. The van der Waals surface area contributed by atoms with E-state index in [1.165, 1.54) is 13.4 Å². The van der Waals surface area contributed by atoms with E-state index >= 15 is 0 Å². The van der Waals surface area contributed by atoms with Crippen molar-refractivity contribution in [1.29, 1.82) is 0 Å². The van der Waals surface area contributed by atoms with E-state index in [0.717, 1.165) is 0 Å². The minimum atomic E-state index is -3.02. The molecule has 124 valence electrons. The van der Waals surface area contributed by atoms with E-state index < -0.39 is 17.6 Å². The van der Waals surface area contributed by atoms with Gasteiger partial charge in [0, 0.05) is 13.0 Å². The number of aromatic nitrogens is 2. The monoisotopic (exact) mass is 325 g/mol. The number of likely N-dealkylation sites (tertiary alicyclic amines) is 1. The highest BCUT2D eigenvalue weighted by molar-refractivity contribution is 5.86. The average molecular weight is 325 g/mol. The highest BCUT2D eigenvalue weighted by atomic mass is 19.3. The van der Waals surface area contributed by atoms with Crippen LogP contribution >= 0.6 is 0 Å². The molecule has 0 saturated carbocycles. The van der Waals surface area contributed by atoms with Crippen LogP contribution in [0.5, 0.6) is 11.5 Å². The number of hydrogen-bond acceptors (Lipinski definition) is 5. The summed E-state index contributed by atoms with van der Waals surface area (Å²) in [6.45, 7) is 0.0985. The van der Waals surface area contributed by atoms with Gasteiger partial charge in [0.15, 0.2) is 17.6 Å². The normalized spacial score (nSPS) is 21.3. The van der Waals surface area contributed by atoms with Crippen LogP contribution in [0, 0.1) is 0 Å². The van der Waals surface area contributed by atoms with E-state index in [-0.39, 0.29) is 29.9 Å². The highest BCUT2D eigenvalue weighted by Crippen LogP contribution is 2.37. The maximum atomic E-state index is 14.2. The molecule has 1 aliphatic heterocycles. The van der Waals surface area contributed by atoms with Crippen molar-refractivity contribution in [1.82, 2.24) is 14.9 Å². The largest absolute Gasteiger partial charge is 0.493 e. The number of ether oxygens (including phenoxy) is 2. The molecule has 1 aromatic heterocycles. The van der Waals surface area contributed by atoms with Crippen molar-refractivity contribution in [2.75, 3.05) is 27.2 Å². The van der Waals surface area contributed by atoms with Crippen molar-refractivity contribution in [2.24, 2.45) is 0 Å². The molecule has 1 saturated heterocycles. The van der Waals surface area contributed by atoms with Crippen LogP contribution in [-0.4, -0.2) is 54.1 Å². The molecule has 1 unspecified atom stereocenters. The number of halogens is 2. The summed E-state index contributed by atoms with van der Waals surface area (Å²) in [5, 5.41) is 0.113. The van der Waals surface area contributed by atoms with Crippen LogP contribution in [0.15, 0.2) is 23.3 Å². The Morgan fingerprint density at radius 3 is 2.91 bits per heavy atom. The third-order valence-corrected chi connectivity index (χ3v) is 3.93. The van der Waals surface area contributed by atoms with Crippen molar-refractivity contribution in [3.05, 3.63) is 28.8 Å². The number of nitrogens with zero attached hydrogens (tertiary/aromatic N) is 2. The number of piperidine rings is 1. The van der Waals surface area contributed by atoms with Crippen LogP contribution in [0.3, 0.4) is 0 Å². The van der Waals surface area contributed by atoms with E-state index in [9.17, 15) is 13.6 Å². The predicted octanol–water partition coefficient (Wildman–Crippen LogP) is 1.65. The molecular formula is C15H17F2N3O3. The Balaban J connectivity index is 2.07. The fourth-order valence-electron chi connectivity index (χ4n) is 2.77. The standard InChI is InChI=1S/C15H17F2N3O3/c1-20-6-5-11(15(16,17)7-20)23-13-10(22-2)4-3-9-12(13)14(21)19-8-18-9/h3-4,8,11H,5-7H2,1-2H3,(H,18,19,21). The SMILES string of the molecule is COc1ccc2nc[nH]c(=O)c2c1OC1CCN(C)CC1(F)F. The van der Waals surface area contributed by atoms with E-state index in [1.807, 2.05) is 0 Å². The summed E-state index contributed by atoms with van der Waals surface area (Å²) in [6, 6.07) is 3.14. The molecule has 23 heavy (non-hydrogen) atoms. The Labute approximate surface area is 131 Å². The smallest absolute Gasteiger partial charge is 0.296 e. The quantitative estimate of drug-likeness (QED) is 0.929. The third-order valence-electron chi connectivity index (χ3n) is 3.93. The Hall–Kier alpha value is -2.22. The average Bonchev–Trinajstić information content (AvgIpc) is 2.49. The van der Waals surface area contributed by atoms with Gasteiger partial charge in [-0.2, -0.15) is 0 Å². The Kier molecular flexibility index (Phi) is 3.93. The van der Waals surface area contributed by atoms with Crippen LogP contribution in [-0.2, 0) is 0 Å². The van der Waals surface area contributed by atoms with Crippen molar-refractivity contribution in [3.63, 3.8) is 0 Å². The summed E-state index contributed by atoms with van der Waals surface area (Å²) in [4.78, 5) is 20.1. The fraction of sp³-hybridized carbons (Fsp3) is 0.467. The molecule has 2 aromatic rings. The van der Waals surface area contributed by atoms with Crippen molar-refractivity contribution in [2.45, 2.75) is 18.4 Å². The van der Waals surface area contributed by atoms with Gasteiger partial charge in [0.2, 0.25) is 0 Å². The third kappa shape index (κ3) is 2.86. The van der Waals surface area contributed by atoms with E-state index in [1.54, 1.807) is 24.1 Å². The molecule has 2 heterocycles. The number of alkyl halides is 2. The number of nitrogens with one attached hydrogen (secondary N) is 1. The number of methoxy groups -OCH3 is 1. The Morgan fingerprint density at radius 1 is 1.43 bits per heavy atom. The van der Waals surface area contributed by atoms with Gasteiger partial charge in [-0.1, -0.05) is 0 Å². The van der Waals surface area contributed by atoms with Crippen molar-refractivity contribution < 1.29 is 18.3 Å². The highest BCUT2D eigenvalue weighted by Gasteiger charge is 2.46. The first kappa shape index (κ1) is 15.7. The number of fused-ring (bicyclic) bond motifs is 1. The van der Waals surface area contributed by atoms with Gasteiger partial charge >= 0.3 is 0 Å². The number of H-pyrrole nitrogens is 1. The summed E-state index contributed by atoms with van der Waals surface area (Å²) < 4.78 is 39.2. The second-order valence-electron chi connectivity index (χ2n) is 5.62. The summed E-state index contributed by atoms with van der Waals surface area (Å²) >= 11 is 0. The lowest BCUT2D eigenvalue weighted by atomic mass is 10.0. The topological polar surface area (TPSA) is 67.4 Å². The van der Waals surface area contributed by atoms with E-state index in [0.29, 0.717) is 12.1 Å².